The molecule has 3 nitrogen and oxygen atoms in total. The summed E-state index contributed by atoms with van der Waals surface area (Å²) < 4.78 is 0. The third-order valence-corrected chi connectivity index (χ3v) is 3.89. The Labute approximate surface area is 134 Å². The molecule has 2 amide bonds. The van der Waals surface area contributed by atoms with Gasteiger partial charge in [0.05, 0.1) is 15.7 Å². The minimum absolute atomic E-state index is 0.243. The minimum atomic E-state index is -0.243. The highest BCUT2D eigenvalue weighted by Crippen LogP contribution is 2.30. The van der Waals surface area contributed by atoms with Crippen LogP contribution in [0, 0.1) is 6.92 Å². The normalized spacial score (nSPS) is 10.3. The summed E-state index contributed by atoms with van der Waals surface area (Å²) in [5.41, 5.74) is 2.44. The first-order valence-electron chi connectivity index (χ1n) is 6.62. The molecule has 2 aromatic carbocycles. The molecule has 0 unspecified atom stereocenters. The molecule has 0 aliphatic heterocycles. The number of carbonyl (C=O) groups is 1. The quantitative estimate of drug-likeness (QED) is 0.810. The molecule has 2 rings (SSSR count). The number of aryl methyl sites for hydroxylation is 1. The Kier molecular flexibility index (Phi) is 5.10. The average Bonchev–Trinajstić information content (AvgIpc) is 2.45. The number of nitrogens with zero attached hydrogens (tertiary/aromatic N) is 1. The second kappa shape index (κ2) is 6.83. The van der Waals surface area contributed by atoms with Gasteiger partial charge in [-0.2, -0.15) is 0 Å². The van der Waals surface area contributed by atoms with Crippen molar-refractivity contribution < 1.29 is 4.79 Å². The van der Waals surface area contributed by atoms with Crippen molar-refractivity contribution in [2.75, 3.05) is 16.8 Å². The summed E-state index contributed by atoms with van der Waals surface area (Å²) >= 11 is 12.0. The fraction of sp³-hybridized carbons (Fsp3) is 0.188. The topological polar surface area (TPSA) is 32.3 Å². The molecule has 21 heavy (non-hydrogen) atoms. The van der Waals surface area contributed by atoms with Crippen LogP contribution < -0.4 is 10.2 Å². The summed E-state index contributed by atoms with van der Waals surface area (Å²) in [6.07, 6.45) is 0. The van der Waals surface area contributed by atoms with Crippen LogP contribution in [0.4, 0.5) is 16.2 Å². The lowest BCUT2D eigenvalue weighted by Crippen LogP contribution is -2.34. The van der Waals surface area contributed by atoms with E-state index < -0.39 is 0 Å². The molecule has 0 saturated heterocycles. The van der Waals surface area contributed by atoms with E-state index in [4.69, 9.17) is 23.2 Å². The third kappa shape index (κ3) is 3.69. The molecule has 0 atom stereocenters. The number of anilines is 2. The van der Waals surface area contributed by atoms with Crippen molar-refractivity contribution in [3.63, 3.8) is 0 Å². The van der Waals surface area contributed by atoms with Gasteiger partial charge in [-0.25, -0.2) is 4.79 Å². The van der Waals surface area contributed by atoms with Gasteiger partial charge in [-0.05, 0) is 43.7 Å². The van der Waals surface area contributed by atoms with E-state index in [2.05, 4.69) is 5.32 Å². The number of urea groups is 1. The van der Waals surface area contributed by atoms with E-state index in [1.54, 1.807) is 23.1 Å². The standard InChI is InChI=1S/C16H16Cl2N2O/c1-3-20(12-7-4-6-11(2)10-12)16(21)19-14-9-5-8-13(17)15(14)18/h4-10H,3H2,1-2H3,(H,19,21). The van der Waals surface area contributed by atoms with E-state index >= 15 is 0 Å². The molecule has 5 heteroatoms. The highest BCUT2D eigenvalue weighted by molar-refractivity contribution is 6.44. The van der Waals surface area contributed by atoms with Crippen molar-refractivity contribution in [3.05, 3.63) is 58.1 Å². The van der Waals surface area contributed by atoms with Crippen LogP contribution in [0.2, 0.25) is 10.0 Å². The highest BCUT2D eigenvalue weighted by atomic mass is 35.5. The molecule has 0 aromatic heterocycles. The van der Waals surface area contributed by atoms with Crippen molar-refractivity contribution >= 4 is 40.6 Å². The number of benzene rings is 2. The van der Waals surface area contributed by atoms with Crippen LogP contribution >= 0.6 is 23.2 Å². The maximum absolute atomic E-state index is 12.4. The Bertz CT molecular complexity index is 658. The summed E-state index contributed by atoms with van der Waals surface area (Å²) in [7, 11) is 0. The second-order valence-corrected chi connectivity index (χ2v) is 5.40. The lowest BCUT2D eigenvalue weighted by molar-refractivity contribution is 0.257. The second-order valence-electron chi connectivity index (χ2n) is 4.61. The molecule has 0 saturated carbocycles. The molecular formula is C16H16Cl2N2O. The van der Waals surface area contributed by atoms with E-state index in [1.807, 2.05) is 38.1 Å². The van der Waals surface area contributed by atoms with E-state index in [9.17, 15) is 4.79 Å². The van der Waals surface area contributed by atoms with Gasteiger partial charge in [0.25, 0.3) is 0 Å². The maximum atomic E-state index is 12.4. The monoisotopic (exact) mass is 322 g/mol. The van der Waals surface area contributed by atoms with Crippen molar-refractivity contribution in [1.29, 1.82) is 0 Å². The number of rotatable bonds is 3. The van der Waals surface area contributed by atoms with Gasteiger partial charge in [0.1, 0.15) is 0 Å². The zero-order valence-electron chi connectivity index (χ0n) is 11.9. The summed E-state index contributed by atoms with van der Waals surface area (Å²) in [5, 5.41) is 3.54. The van der Waals surface area contributed by atoms with Gasteiger partial charge in [0.2, 0.25) is 0 Å². The first-order chi connectivity index (χ1) is 10.0. The van der Waals surface area contributed by atoms with Crippen LogP contribution in [-0.2, 0) is 0 Å². The Hall–Kier alpha value is -1.71. The molecule has 2 aromatic rings. The van der Waals surface area contributed by atoms with Crippen molar-refractivity contribution in [2.45, 2.75) is 13.8 Å². The van der Waals surface area contributed by atoms with Gasteiger partial charge in [0, 0.05) is 12.2 Å². The van der Waals surface area contributed by atoms with Crippen LogP contribution in [0.3, 0.4) is 0 Å². The first-order valence-corrected chi connectivity index (χ1v) is 7.37. The molecule has 0 radical (unpaired) electrons. The van der Waals surface area contributed by atoms with Crippen molar-refractivity contribution in [2.24, 2.45) is 0 Å². The molecular weight excluding hydrogens is 307 g/mol. The maximum Gasteiger partial charge on any atom is 0.326 e. The molecule has 0 bridgehead atoms. The number of nitrogens with one attached hydrogen (secondary N) is 1. The molecule has 110 valence electrons. The van der Waals surface area contributed by atoms with Gasteiger partial charge in [0.15, 0.2) is 0 Å². The molecule has 1 N–H and O–H groups in total. The summed E-state index contributed by atoms with van der Waals surface area (Å²) in [5.74, 6) is 0. The highest BCUT2D eigenvalue weighted by Gasteiger charge is 2.15. The smallest absolute Gasteiger partial charge is 0.306 e. The van der Waals surface area contributed by atoms with Crippen LogP contribution in [0.25, 0.3) is 0 Å². The van der Waals surface area contributed by atoms with Gasteiger partial charge in [-0.1, -0.05) is 41.4 Å². The third-order valence-electron chi connectivity index (χ3n) is 3.07. The molecule has 0 aliphatic rings. The lowest BCUT2D eigenvalue weighted by atomic mass is 10.2. The summed E-state index contributed by atoms with van der Waals surface area (Å²) in [6.45, 7) is 4.46. The van der Waals surface area contributed by atoms with Crippen LogP contribution in [0.5, 0.6) is 0 Å². The molecule has 0 spiro atoms. The Balaban J connectivity index is 2.23. The molecule has 0 heterocycles. The first kappa shape index (κ1) is 15.7. The fourth-order valence-corrected chi connectivity index (χ4v) is 2.37. The molecule has 0 aliphatic carbocycles. The lowest BCUT2D eigenvalue weighted by Gasteiger charge is -2.22. The fourth-order valence-electron chi connectivity index (χ4n) is 2.02. The number of hydrogen-bond acceptors (Lipinski definition) is 1. The van der Waals surface area contributed by atoms with E-state index in [-0.39, 0.29) is 6.03 Å². The van der Waals surface area contributed by atoms with E-state index in [0.717, 1.165) is 11.3 Å². The summed E-state index contributed by atoms with van der Waals surface area (Å²) in [4.78, 5) is 14.1. The minimum Gasteiger partial charge on any atom is -0.306 e. The number of amides is 2. The van der Waals surface area contributed by atoms with Crippen molar-refractivity contribution in [3.8, 4) is 0 Å². The van der Waals surface area contributed by atoms with E-state index in [0.29, 0.717) is 22.3 Å². The van der Waals surface area contributed by atoms with Gasteiger partial charge < -0.3 is 5.32 Å². The van der Waals surface area contributed by atoms with Crippen LogP contribution in [0.1, 0.15) is 12.5 Å². The van der Waals surface area contributed by atoms with Gasteiger partial charge >= 0.3 is 6.03 Å². The Morgan fingerprint density at radius 3 is 2.57 bits per heavy atom. The zero-order chi connectivity index (χ0) is 15.4. The van der Waals surface area contributed by atoms with Crippen LogP contribution in [0.15, 0.2) is 42.5 Å². The predicted molar refractivity (Wildman–Crippen MR) is 89.7 cm³/mol. The number of halogens is 2. The van der Waals surface area contributed by atoms with E-state index in [1.165, 1.54) is 0 Å². The van der Waals surface area contributed by atoms with Gasteiger partial charge in [-0.3, -0.25) is 4.90 Å². The number of hydrogen-bond donors (Lipinski definition) is 1. The van der Waals surface area contributed by atoms with Gasteiger partial charge in [-0.15, -0.1) is 0 Å². The van der Waals surface area contributed by atoms with Crippen molar-refractivity contribution in [1.82, 2.24) is 0 Å². The number of carbonyl (C=O) groups excluding carboxylic acids is 1. The predicted octanol–water partition coefficient (Wildman–Crippen LogP) is 5.36. The summed E-state index contributed by atoms with van der Waals surface area (Å²) in [6, 6.07) is 12.7. The Morgan fingerprint density at radius 2 is 1.90 bits per heavy atom. The van der Waals surface area contributed by atoms with Crippen LogP contribution in [-0.4, -0.2) is 12.6 Å². The SMILES string of the molecule is CCN(C(=O)Nc1cccc(Cl)c1Cl)c1cccc(C)c1. The zero-order valence-corrected chi connectivity index (χ0v) is 13.4. The average molecular weight is 323 g/mol. The molecule has 0 fully saturated rings. The largest absolute Gasteiger partial charge is 0.326 e. The Morgan fingerprint density at radius 1 is 1.19 bits per heavy atom.